The molecule has 0 aliphatic carbocycles. The number of fused-ring (bicyclic) bond motifs is 1. The number of hydrogen-bond donors (Lipinski definition) is 3. The van der Waals surface area contributed by atoms with Crippen LogP contribution in [-0.2, 0) is 16.1 Å². The number of aromatic amines is 1. The van der Waals surface area contributed by atoms with E-state index in [9.17, 15) is 19.2 Å². The first kappa shape index (κ1) is 20.5. The maximum Gasteiger partial charge on any atom is 0.329 e. The predicted molar refractivity (Wildman–Crippen MR) is 114 cm³/mol. The summed E-state index contributed by atoms with van der Waals surface area (Å²) in [4.78, 5) is 51.3. The van der Waals surface area contributed by atoms with Crippen molar-refractivity contribution in [3.63, 3.8) is 0 Å². The molecule has 0 saturated carbocycles. The van der Waals surface area contributed by atoms with Crippen LogP contribution in [0.4, 0.5) is 5.69 Å². The number of carbonyl (C=O) groups is 2. The highest BCUT2D eigenvalue weighted by atomic mass is 79.9. The third kappa shape index (κ3) is 5.00. The van der Waals surface area contributed by atoms with Crippen LogP contribution in [0.2, 0.25) is 0 Å². The van der Waals surface area contributed by atoms with Crippen LogP contribution in [-0.4, -0.2) is 27.9 Å². The van der Waals surface area contributed by atoms with Crippen molar-refractivity contribution in [2.45, 2.75) is 19.9 Å². The Hall–Kier alpha value is -3.20. The van der Waals surface area contributed by atoms with Crippen LogP contribution in [0.15, 0.2) is 56.5 Å². The topological polar surface area (TPSA) is 113 Å². The molecule has 1 aromatic heterocycles. The normalized spacial score (nSPS) is 10.7. The highest BCUT2D eigenvalue weighted by Crippen LogP contribution is 2.20. The lowest BCUT2D eigenvalue weighted by Gasteiger charge is -2.10. The van der Waals surface area contributed by atoms with Gasteiger partial charge in [0.1, 0.15) is 6.54 Å². The van der Waals surface area contributed by atoms with Crippen LogP contribution >= 0.6 is 15.9 Å². The van der Waals surface area contributed by atoms with Crippen LogP contribution in [0, 0.1) is 6.92 Å². The molecule has 0 radical (unpaired) electrons. The highest BCUT2D eigenvalue weighted by Gasteiger charge is 2.12. The molecule has 0 atom stereocenters. The monoisotopic (exact) mass is 458 g/mol. The lowest BCUT2D eigenvalue weighted by Crippen LogP contribution is -2.41. The maximum absolute atomic E-state index is 12.4. The van der Waals surface area contributed by atoms with E-state index in [0.717, 1.165) is 14.6 Å². The van der Waals surface area contributed by atoms with Gasteiger partial charge in [0, 0.05) is 23.1 Å². The van der Waals surface area contributed by atoms with Gasteiger partial charge in [-0.2, -0.15) is 0 Å². The molecule has 0 aliphatic heterocycles. The van der Waals surface area contributed by atoms with Crippen molar-refractivity contribution < 1.29 is 9.59 Å². The highest BCUT2D eigenvalue weighted by molar-refractivity contribution is 9.10. The molecule has 0 bridgehead atoms. The van der Waals surface area contributed by atoms with Crippen LogP contribution in [0.25, 0.3) is 10.9 Å². The zero-order valence-corrected chi connectivity index (χ0v) is 17.2. The minimum absolute atomic E-state index is 0.0562. The van der Waals surface area contributed by atoms with E-state index < -0.39 is 23.7 Å². The number of nitrogens with zero attached hydrogens (tertiary/aromatic N) is 1. The Morgan fingerprint density at radius 1 is 1.10 bits per heavy atom. The van der Waals surface area contributed by atoms with Gasteiger partial charge in [-0.1, -0.05) is 34.1 Å². The zero-order valence-electron chi connectivity index (χ0n) is 15.6. The Morgan fingerprint density at radius 2 is 1.86 bits per heavy atom. The van der Waals surface area contributed by atoms with Crippen molar-refractivity contribution in [3.8, 4) is 0 Å². The SMILES string of the molecule is Cc1ccc(Br)cc1NC(=O)CCNC(=O)Cn1c(=O)[nH]c2ccccc2c1=O. The molecule has 29 heavy (non-hydrogen) atoms. The fourth-order valence-corrected chi connectivity index (χ4v) is 3.16. The molecule has 150 valence electrons. The first-order valence-corrected chi connectivity index (χ1v) is 9.69. The summed E-state index contributed by atoms with van der Waals surface area (Å²) >= 11 is 3.35. The van der Waals surface area contributed by atoms with Crippen molar-refractivity contribution in [1.29, 1.82) is 0 Å². The molecule has 3 aromatic rings. The number of aryl methyl sites for hydroxylation is 1. The van der Waals surface area contributed by atoms with Crippen LogP contribution in [0.5, 0.6) is 0 Å². The number of rotatable bonds is 6. The van der Waals surface area contributed by atoms with Crippen LogP contribution in [0.1, 0.15) is 12.0 Å². The van der Waals surface area contributed by atoms with Gasteiger partial charge in [-0.05, 0) is 36.8 Å². The van der Waals surface area contributed by atoms with E-state index in [-0.39, 0.29) is 18.9 Å². The predicted octanol–water partition coefficient (Wildman–Crippen LogP) is 1.91. The molecule has 8 nitrogen and oxygen atoms in total. The van der Waals surface area contributed by atoms with Gasteiger partial charge in [0.2, 0.25) is 11.8 Å². The Balaban J connectivity index is 1.57. The Bertz CT molecular complexity index is 1200. The Kier molecular flexibility index (Phi) is 6.28. The number of hydrogen-bond acceptors (Lipinski definition) is 4. The van der Waals surface area contributed by atoms with Crippen molar-refractivity contribution in [3.05, 3.63) is 73.3 Å². The molecular weight excluding hydrogens is 440 g/mol. The summed E-state index contributed by atoms with van der Waals surface area (Å²) in [6, 6.07) is 12.1. The van der Waals surface area contributed by atoms with Gasteiger partial charge in [-0.25, -0.2) is 4.79 Å². The molecule has 2 amide bonds. The molecule has 0 spiro atoms. The molecule has 0 fully saturated rings. The number of halogens is 1. The smallest absolute Gasteiger partial charge is 0.329 e. The number of anilines is 1. The second-order valence-corrected chi connectivity index (χ2v) is 7.39. The van der Waals surface area contributed by atoms with Gasteiger partial charge >= 0.3 is 5.69 Å². The average molecular weight is 459 g/mol. The first-order chi connectivity index (χ1) is 13.8. The lowest BCUT2D eigenvalue weighted by atomic mass is 10.2. The zero-order chi connectivity index (χ0) is 21.0. The Morgan fingerprint density at radius 3 is 2.66 bits per heavy atom. The average Bonchev–Trinajstić information content (AvgIpc) is 2.68. The van der Waals surface area contributed by atoms with E-state index in [0.29, 0.717) is 16.6 Å². The molecule has 0 unspecified atom stereocenters. The van der Waals surface area contributed by atoms with Crippen molar-refractivity contribution >= 4 is 44.3 Å². The summed E-state index contributed by atoms with van der Waals surface area (Å²) in [6.45, 7) is 1.53. The van der Waals surface area contributed by atoms with E-state index in [1.807, 2.05) is 19.1 Å². The number of aromatic nitrogens is 2. The summed E-state index contributed by atoms with van der Waals surface area (Å²) in [5.41, 5.74) is 0.818. The molecule has 3 rings (SSSR count). The lowest BCUT2D eigenvalue weighted by molar-refractivity contribution is -0.122. The molecule has 2 aromatic carbocycles. The molecule has 9 heteroatoms. The van der Waals surface area contributed by atoms with Gasteiger partial charge in [-0.3, -0.25) is 19.0 Å². The van der Waals surface area contributed by atoms with Gasteiger partial charge in [0.05, 0.1) is 10.9 Å². The number of para-hydroxylation sites is 1. The fourth-order valence-electron chi connectivity index (χ4n) is 2.80. The number of benzene rings is 2. The number of amides is 2. The molecule has 3 N–H and O–H groups in total. The first-order valence-electron chi connectivity index (χ1n) is 8.89. The largest absolute Gasteiger partial charge is 0.354 e. The minimum atomic E-state index is -0.660. The number of carbonyl (C=O) groups excluding carboxylic acids is 2. The molecule has 0 aliphatic rings. The third-order valence-electron chi connectivity index (χ3n) is 4.34. The van der Waals surface area contributed by atoms with E-state index >= 15 is 0 Å². The van der Waals surface area contributed by atoms with E-state index in [1.54, 1.807) is 30.3 Å². The quantitative estimate of drug-likeness (QED) is 0.523. The second-order valence-electron chi connectivity index (χ2n) is 6.47. The van der Waals surface area contributed by atoms with E-state index in [1.165, 1.54) is 0 Å². The van der Waals surface area contributed by atoms with E-state index in [4.69, 9.17) is 0 Å². The fraction of sp³-hybridized carbons (Fsp3) is 0.200. The summed E-state index contributed by atoms with van der Waals surface area (Å²) in [7, 11) is 0. The van der Waals surface area contributed by atoms with Crippen molar-refractivity contribution in [2.75, 3.05) is 11.9 Å². The summed E-state index contributed by atoms with van der Waals surface area (Å²) in [6.07, 6.45) is 0.0562. The minimum Gasteiger partial charge on any atom is -0.354 e. The van der Waals surface area contributed by atoms with Gasteiger partial charge in [0.15, 0.2) is 0 Å². The van der Waals surface area contributed by atoms with E-state index in [2.05, 4.69) is 31.5 Å². The van der Waals surface area contributed by atoms with Crippen LogP contribution < -0.4 is 21.9 Å². The molecule has 1 heterocycles. The third-order valence-corrected chi connectivity index (χ3v) is 4.83. The van der Waals surface area contributed by atoms with Gasteiger partial charge in [-0.15, -0.1) is 0 Å². The number of nitrogens with one attached hydrogen (secondary N) is 3. The van der Waals surface area contributed by atoms with Crippen molar-refractivity contribution in [1.82, 2.24) is 14.9 Å². The summed E-state index contributed by atoms with van der Waals surface area (Å²) < 4.78 is 1.68. The maximum atomic E-state index is 12.4. The molecule has 0 saturated heterocycles. The summed E-state index contributed by atoms with van der Waals surface area (Å²) in [5.74, 6) is -0.786. The van der Waals surface area contributed by atoms with Gasteiger partial charge in [0.25, 0.3) is 5.56 Å². The standard InChI is InChI=1S/C20H19BrN4O4/c1-12-6-7-13(21)10-16(12)23-17(26)8-9-22-18(27)11-25-19(28)14-4-2-3-5-15(14)24-20(25)29/h2-7,10H,8-9,11H2,1H3,(H,22,27)(H,23,26)(H,24,29). The van der Waals surface area contributed by atoms with Crippen LogP contribution in [0.3, 0.4) is 0 Å². The Labute approximate surface area is 174 Å². The van der Waals surface area contributed by atoms with Gasteiger partial charge < -0.3 is 15.6 Å². The molecular formula is C20H19BrN4O4. The van der Waals surface area contributed by atoms with Crippen molar-refractivity contribution in [2.24, 2.45) is 0 Å². The number of H-pyrrole nitrogens is 1. The second kappa shape index (κ2) is 8.87. The summed E-state index contributed by atoms with van der Waals surface area (Å²) in [5, 5.41) is 5.66.